The number of unbranched alkanes of at least 4 members (excludes halogenated alkanes) is 1. The summed E-state index contributed by atoms with van der Waals surface area (Å²) in [5.74, 6) is 2.19. The van der Waals surface area contributed by atoms with Crippen molar-refractivity contribution in [3.8, 4) is 0 Å². The van der Waals surface area contributed by atoms with Gasteiger partial charge >= 0.3 is 0 Å². The van der Waals surface area contributed by atoms with Gasteiger partial charge in [0, 0.05) is 33.6 Å². The summed E-state index contributed by atoms with van der Waals surface area (Å²) >= 11 is 0. The van der Waals surface area contributed by atoms with Crippen LogP contribution in [0.2, 0.25) is 0 Å². The van der Waals surface area contributed by atoms with Gasteiger partial charge in [-0.2, -0.15) is 4.98 Å². The molecule has 6 nitrogen and oxygen atoms in total. The predicted molar refractivity (Wildman–Crippen MR) is 91.6 cm³/mol. The van der Waals surface area contributed by atoms with Crippen molar-refractivity contribution in [3.05, 3.63) is 24.4 Å². The molecule has 20 heavy (non-hydrogen) atoms. The second-order valence-electron chi connectivity index (χ2n) is 4.31. The fraction of sp³-hybridized carbons (Fsp3) is 0.615. The summed E-state index contributed by atoms with van der Waals surface area (Å²) < 4.78 is 5.05. The summed E-state index contributed by atoms with van der Waals surface area (Å²) in [5, 5.41) is 7.03. The zero-order chi connectivity index (χ0) is 14.1. The molecule has 0 aliphatic carbocycles. The summed E-state index contributed by atoms with van der Waals surface area (Å²) in [7, 11) is 3.80. The maximum absolute atomic E-state index is 5.05. The highest BCUT2D eigenvalue weighted by Crippen LogP contribution is 1.97. The molecule has 1 heterocycles. The van der Waals surface area contributed by atoms with Crippen molar-refractivity contribution in [1.29, 1.82) is 0 Å². The first kappa shape index (κ1) is 18.9. The molecule has 0 atom stereocenters. The SMILES string of the molecule is C=CCCCN(C)C(=NC)NCCc1nc(C)no1.I. The average Bonchev–Trinajstić information content (AvgIpc) is 2.80. The molecule has 0 saturated heterocycles. The first-order chi connectivity index (χ1) is 9.17. The Morgan fingerprint density at radius 2 is 2.30 bits per heavy atom. The Morgan fingerprint density at radius 3 is 2.85 bits per heavy atom. The van der Waals surface area contributed by atoms with Gasteiger partial charge in [0.25, 0.3) is 0 Å². The minimum absolute atomic E-state index is 0. The molecule has 0 aromatic carbocycles. The minimum Gasteiger partial charge on any atom is -0.356 e. The van der Waals surface area contributed by atoms with Crippen molar-refractivity contribution in [1.82, 2.24) is 20.4 Å². The molecule has 0 fully saturated rings. The summed E-state index contributed by atoms with van der Waals surface area (Å²) in [5.41, 5.74) is 0. The number of aryl methyl sites for hydroxylation is 1. The highest BCUT2D eigenvalue weighted by Gasteiger charge is 2.06. The average molecular weight is 393 g/mol. The van der Waals surface area contributed by atoms with Gasteiger partial charge < -0.3 is 14.7 Å². The number of guanidine groups is 1. The van der Waals surface area contributed by atoms with Gasteiger partial charge in [-0.25, -0.2) is 0 Å². The lowest BCUT2D eigenvalue weighted by Crippen LogP contribution is -2.40. The Balaban J connectivity index is 0.00000361. The normalized spacial score (nSPS) is 10.8. The van der Waals surface area contributed by atoms with Gasteiger partial charge in [0.1, 0.15) is 0 Å². The maximum atomic E-state index is 5.05. The van der Waals surface area contributed by atoms with Crippen LogP contribution in [-0.4, -0.2) is 48.2 Å². The maximum Gasteiger partial charge on any atom is 0.228 e. The van der Waals surface area contributed by atoms with E-state index in [-0.39, 0.29) is 24.0 Å². The molecule has 0 radical (unpaired) electrons. The molecule has 0 aliphatic rings. The van der Waals surface area contributed by atoms with Crippen LogP contribution < -0.4 is 5.32 Å². The Bertz CT molecular complexity index is 419. The second kappa shape index (κ2) is 10.6. The monoisotopic (exact) mass is 393 g/mol. The van der Waals surface area contributed by atoms with E-state index >= 15 is 0 Å². The van der Waals surface area contributed by atoms with E-state index in [0.29, 0.717) is 18.1 Å². The van der Waals surface area contributed by atoms with E-state index in [1.807, 2.05) is 20.0 Å². The molecule has 114 valence electrons. The van der Waals surface area contributed by atoms with Crippen LogP contribution in [0, 0.1) is 6.92 Å². The van der Waals surface area contributed by atoms with E-state index in [0.717, 1.165) is 31.9 Å². The van der Waals surface area contributed by atoms with Gasteiger partial charge in [-0.05, 0) is 19.8 Å². The predicted octanol–water partition coefficient (Wildman–Crippen LogP) is 2.01. The van der Waals surface area contributed by atoms with E-state index in [1.165, 1.54) is 0 Å². The Hall–Kier alpha value is -1.12. The van der Waals surface area contributed by atoms with Crippen LogP contribution in [0.25, 0.3) is 0 Å². The number of halogens is 1. The highest BCUT2D eigenvalue weighted by molar-refractivity contribution is 14.0. The van der Waals surface area contributed by atoms with Crippen molar-refractivity contribution in [2.24, 2.45) is 4.99 Å². The molecule has 1 rings (SSSR count). The number of hydrogen-bond acceptors (Lipinski definition) is 4. The van der Waals surface area contributed by atoms with Gasteiger partial charge in [0.2, 0.25) is 5.89 Å². The Labute approximate surface area is 137 Å². The molecule has 0 aliphatic heterocycles. The molecule has 0 unspecified atom stereocenters. The first-order valence-electron chi connectivity index (χ1n) is 6.49. The topological polar surface area (TPSA) is 66.5 Å². The van der Waals surface area contributed by atoms with E-state index in [2.05, 4.69) is 31.9 Å². The summed E-state index contributed by atoms with van der Waals surface area (Å²) in [4.78, 5) is 10.5. The molecular formula is C13H24IN5O. The lowest BCUT2D eigenvalue weighted by molar-refractivity contribution is 0.373. The van der Waals surface area contributed by atoms with Crippen molar-refractivity contribution < 1.29 is 4.52 Å². The number of nitrogens with one attached hydrogen (secondary N) is 1. The number of aromatic nitrogens is 2. The van der Waals surface area contributed by atoms with E-state index in [9.17, 15) is 0 Å². The van der Waals surface area contributed by atoms with Crippen molar-refractivity contribution in [3.63, 3.8) is 0 Å². The number of allylic oxidation sites excluding steroid dienone is 1. The van der Waals surface area contributed by atoms with Crippen LogP contribution in [-0.2, 0) is 6.42 Å². The Morgan fingerprint density at radius 1 is 1.55 bits per heavy atom. The van der Waals surface area contributed by atoms with Crippen LogP contribution in [0.4, 0.5) is 0 Å². The van der Waals surface area contributed by atoms with Gasteiger partial charge in [0.15, 0.2) is 11.8 Å². The molecule has 0 saturated carbocycles. The van der Waals surface area contributed by atoms with Crippen LogP contribution in [0.1, 0.15) is 24.6 Å². The van der Waals surface area contributed by atoms with Crippen LogP contribution >= 0.6 is 24.0 Å². The quantitative estimate of drug-likeness (QED) is 0.252. The summed E-state index contributed by atoms with van der Waals surface area (Å²) in [6.45, 7) is 7.20. The van der Waals surface area contributed by atoms with Gasteiger partial charge in [0.05, 0.1) is 0 Å². The fourth-order valence-corrected chi connectivity index (χ4v) is 1.69. The van der Waals surface area contributed by atoms with Crippen LogP contribution in [0.5, 0.6) is 0 Å². The van der Waals surface area contributed by atoms with Crippen LogP contribution in [0.15, 0.2) is 22.2 Å². The van der Waals surface area contributed by atoms with Crippen LogP contribution in [0.3, 0.4) is 0 Å². The van der Waals surface area contributed by atoms with Crippen molar-refractivity contribution >= 4 is 29.9 Å². The van der Waals surface area contributed by atoms with E-state index in [4.69, 9.17) is 4.52 Å². The highest BCUT2D eigenvalue weighted by atomic mass is 127. The fourth-order valence-electron chi connectivity index (χ4n) is 1.69. The zero-order valence-electron chi connectivity index (χ0n) is 12.4. The molecule has 0 spiro atoms. The molecule has 7 heteroatoms. The molecule has 1 aromatic heterocycles. The summed E-state index contributed by atoms with van der Waals surface area (Å²) in [6.07, 6.45) is 4.72. The number of nitrogens with zero attached hydrogens (tertiary/aromatic N) is 4. The molecule has 0 amide bonds. The second-order valence-corrected chi connectivity index (χ2v) is 4.31. The number of rotatable bonds is 7. The first-order valence-corrected chi connectivity index (χ1v) is 6.49. The largest absolute Gasteiger partial charge is 0.356 e. The standard InChI is InChI=1S/C13H23N5O.HI/c1-5-6-7-10-18(4)13(14-3)15-9-8-12-16-11(2)17-19-12;/h5H,1,6-10H2,2-4H3,(H,14,15);1H. The third-order valence-corrected chi connectivity index (χ3v) is 2.67. The van der Waals surface area contributed by atoms with Gasteiger partial charge in [-0.1, -0.05) is 11.2 Å². The van der Waals surface area contributed by atoms with Crippen molar-refractivity contribution in [2.75, 3.05) is 27.2 Å². The van der Waals surface area contributed by atoms with Gasteiger partial charge in [-0.3, -0.25) is 4.99 Å². The lowest BCUT2D eigenvalue weighted by Gasteiger charge is -2.21. The Kier molecular flexibility index (Phi) is 10.0. The smallest absolute Gasteiger partial charge is 0.228 e. The molecule has 1 N–H and O–H groups in total. The van der Waals surface area contributed by atoms with Gasteiger partial charge in [-0.15, -0.1) is 30.6 Å². The third-order valence-electron chi connectivity index (χ3n) is 2.67. The third kappa shape index (κ3) is 6.88. The number of aliphatic imine (C=N–C) groups is 1. The lowest BCUT2D eigenvalue weighted by atomic mass is 10.3. The zero-order valence-corrected chi connectivity index (χ0v) is 14.8. The molecular weight excluding hydrogens is 369 g/mol. The number of hydrogen-bond donors (Lipinski definition) is 1. The summed E-state index contributed by atoms with van der Waals surface area (Å²) in [6, 6.07) is 0. The van der Waals surface area contributed by atoms with E-state index < -0.39 is 0 Å². The van der Waals surface area contributed by atoms with Crippen molar-refractivity contribution in [2.45, 2.75) is 26.2 Å². The molecule has 0 bridgehead atoms. The molecule has 1 aromatic rings. The minimum atomic E-state index is 0. The van der Waals surface area contributed by atoms with E-state index in [1.54, 1.807) is 7.05 Å².